The summed E-state index contributed by atoms with van der Waals surface area (Å²) in [5.74, 6) is 0.606. The quantitative estimate of drug-likeness (QED) is 0.810. The molecule has 0 unspecified atom stereocenters. The highest BCUT2D eigenvalue weighted by Crippen LogP contribution is 2.26. The number of aliphatic hydroxyl groups excluding tert-OH is 1. The number of aliphatic hydroxyl groups is 1. The minimum atomic E-state index is -0.0516. The van der Waals surface area contributed by atoms with Crippen molar-refractivity contribution < 1.29 is 5.11 Å². The summed E-state index contributed by atoms with van der Waals surface area (Å²) in [6.45, 7) is 6.23. The molecule has 84 valence electrons. The molecule has 0 radical (unpaired) electrons. The average Bonchev–Trinajstić information content (AvgIpc) is 2.64. The van der Waals surface area contributed by atoms with Gasteiger partial charge < -0.3 is 10.1 Å². The van der Waals surface area contributed by atoms with Crippen LogP contribution >= 0.6 is 0 Å². The van der Waals surface area contributed by atoms with Gasteiger partial charge in [0, 0.05) is 5.56 Å². The van der Waals surface area contributed by atoms with Gasteiger partial charge in [0.2, 0.25) is 0 Å². The molecule has 2 N–H and O–H groups in total. The zero-order valence-electron chi connectivity index (χ0n) is 9.83. The second-order valence-corrected chi connectivity index (χ2v) is 4.18. The van der Waals surface area contributed by atoms with E-state index < -0.39 is 0 Å². The van der Waals surface area contributed by atoms with Crippen LogP contribution in [0.5, 0.6) is 0 Å². The number of hydrogen-bond acceptors (Lipinski definition) is 2. The first kappa shape index (κ1) is 10.9. The SMILES string of the molecule is Cc1cc(C)c(-c2cnc(CO)[nH]2)c(C)c1. The fourth-order valence-corrected chi connectivity index (χ4v) is 2.17. The smallest absolute Gasteiger partial charge is 0.132 e. The van der Waals surface area contributed by atoms with Crippen molar-refractivity contribution >= 4 is 0 Å². The van der Waals surface area contributed by atoms with E-state index >= 15 is 0 Å². The Balaban J connectivity index is 2.55. The second-order valence-electron chi connectivity index (χ2n) is 4.18. The molecule has 16 heavy (non-hydrogen) atoms. The zero-order chi connectivity index (χ0) is 11.7. The lowest BCUT2D eigenvalue weighted by Crippen LogP contribution is -1.91. The van der Waals surface area contributed by atoms with E-state index in [1.807, 2.05) is 0 Å². The highest BCUT2D eigenvalue weighted by Gasteiger charge is 2.09. The van der Waals surface area contributed by atoms with Gasteiger partial charge in [-0.3, -0.25) is 0 Å². The number of H-pyrrole nitrogens is 1. The number of aromatic nitrogens is 2. The zero-order valence-corrected chi connectivity index (χ0v) is 9.83. The van der Waals surface area contributed by atoms with Crippen LogP contribution in [-0.2, 0) is 6.61 Å². The molecule has 0 saturated carbocycles. The number of rotatable bonds is 2. The van der Waals surface area contributed by atoms with Crippen LogP contribution in [0.2, 0.25) is 0 Å². The van der Waals surface area contributed by atoms with Crippen molar-refractivity contribution in [3.05, 3.63) is 40.8 Å². The van der Waals surface area contributed by atoms with Crippen LogP contribution in [0.25, 0.3) is 11.3 Å². The predicted molar refractivity (Wildman–Crippen MR) is 64.2 cm³/mol. The van der Waals surface area contributed by atoms with Gasteiger partial charge in [-0.15, -0.1) is 0 Å². The third kappa shape index (κ3) is 1.86. The summed E-state index contributed by atoms with van der Waals surface area (Å²) in [4.78, 5) is 7.23. The molecule has 1 aromatic carbocycles. The van der Waals surface area contributed by atoms with Crippen molar-refractivity contribution in [2.75, 3.05) is 0 Å². The Morgan fingerprint density at radius 1 is 1.19 bits per heavy atom. The Morgan fingerprint density at radius 2 is 1.81 bits per heavy atom. The van der Waals surface area contributed by atoms with Crippen molar-refractivity contribution in [2.45, 2.75) is 27.4 Å². The van der Waals surface area contributed by atoms with E-state index in [0.29, 0.717) is 5.82 Å². The summed E-state index contributed by atoms with van der Waals surface area (Å²) in [5, 5.41) is 8.99. The van der Waals surface area contributed by atoms with E-state index in [1.54, 1.807) is 6.20 Å². The molecule has 3 nitrogen and oxygen atoms in total. The molecular weight excluding hydrogens is 200 g/mol. The second kappa shape index (κ2) is 4.10. The molecule has 0 bridgehead atoms. The minimum absolute atomic E-state index is 0.0516. The summed E-state index contributed by atoms with van der Waals surface area (Å²) in [7, 11) is 0. The third-order valence-electron chi connectivity index (χ3n) is 2.72. The molecular formula is C13H16N2O. The first-order valence-corrected chi connectivity index (χ1v) is 5.34. The molecule has 0 aliphatic carbocycles. The van der Waals surface area contributed by atoms with Gasteiger partial charge >= 0.3 is 0 Å². The van der Waals surface area contributed by atoms with Crippen molar-refractivity contribution in [3.8, 4) is 11.3 Å². The topological polar surface area (TPSA) is 48.9 Å². The highest BCUT2D eigenvalue weighted by molar-refractivity contribution is 5.67. The van der Waals surface area contributed by atoms with Crippen LogP contribution in [0, 0.1) is 20.8 Å². The van der Waals surface area contributed by atoms with Crippen LogP contribution in [0.15, 0.2) is 18.3 Å². The Morgan fingerprint density at radius 3 is 2.31 bits per heavy atom. The molecule has 0 aliphatic rings. The lowest BCUT2D eigenvalue weighted by atomic mass is 9.98. The van der Waals surface area contributed by atoms with Crippen molar-refractivity contribution in [1.29, 1.82) is 0 Å². The number of benzene rings is 1. The van der Waals surface area contributed by atoms with Gasteiger partial charge in [-0.2, -0.15) is 0 Å². The fourth-order valence-electron chi connectivity index (χ4n) is 2.17. The molecule has 0 spiro atoms. The maximum absolute atomic E-state index is 8.99. The highest BCUT2D eigenvalue weighted by atomic mass is 16.3. The van der Waals surface area contributed by atoms with Crippen molar-refractivity contribution in [1.82, 2.24) is 9.97 Å². The molecule has 0 atom stereocenters. The number of nitrogens with zero attached hydrogens (tertiary/aromatic N) is 1. The standard InChI is InChI=1S/C13H16N2O/c1-8-4-9(2)13(10(3)5-8)11-6-14-12(7-16)15-11/h4-6,16H,7H2,1-3H3,(H,14,15). The molecule has 1 aromatic heterocycles. The van der Waals surface area contributed by atoms with Gasteiger partial charge in [0.15, 0.2) is 0 Å². The maximum atomic E-state index is 8.99. The number of imidazole rings is 1. The predicted octanol–water partition coefficient (Wildman–Crippen LogP) is 2.49. The lowest BCUT2D eigenvalue weighted by Gasteiger charge is -2.09. The normalized spacial score (nSPS) is 10.8. The van der Waals surface area contributed by atoms with Gasteiger partial charge in [-0.25, -0.2) is 4.98 Å². The van der Waals surface area contributed by atoms with E-state index in [9.17, 15) is 0 Å². The molecule has 1 heterocycles. The molecule has 2 aromatic rings. The number of nitrogens with one attached hydrogen (secondary N) is 1. The minimum Gasteiger partial charge on any atom is -0.388 e. The summed E-state index contributed by atoms with van der Waals surface area (Å²) in [6.07, 6.45) is 1.77. The Hall–Kier alpha value is -1.61. The van der Waals surface area contributed by atoms with Gasteiger partial charge in [-0.05, 0) is 31.9 Å². The maximum Gasteiger partial charge on any atom is 0.132 e. The average molecular weight is 216 g/mol. The molecule has 0 aliphatic heterocycles. The Bertz CT molecular complexity index is 491. The van der Waals surface area contributed by atoms with E-state index in [4.69, 9.17) is 5.11 Å². The first-order chi connectivity index (χ1) is 7.61. The molecule has 0 amide bonds. The van der Waals surface area contributed by atoms with Crippen LogP contribution in [0.3, 0.4) is 0 Å². The van der Waals surface area contributed by atoms with Gasteiger partial charge in [-0.1, -0.05) is 17.7 Å². The largest absolute Gasteiger partial charge is 0.388 e. The van der Waals surface area contributed by atoms with E-state index in [0.717, 1.165) is 5.69 Å². The van der Waals surface area contributed by atoms with Crippen LogP contribution in [0.4, 0.5) is 0 Å². The number of hydrogen-bond donors (Lipinski definition) is 2. The lowest BCUT2D eigenvalue weighted by molar-refractivity contribution is 0.272. The summed E-state index contributed by atoms with van der Waals surface area (Å²) in [5.41, 5.74) is 5.87. The van der Waals surface area contributed by atoms with Gasteiger partial charge in [0.05, 0.1) is 11.9 Å². The Kier molecular flexibility index (Phi) is 2.79. The third-order valence-corrected chi connectivity index (χ3v) is 2.72. The summed E-state index contributed by atoms with van der Waals surface area (Å²) in [6, 6.07) is 4.31. The Labute approximate surface area is 95.2 Å². The monoisotopic (exact) mass is 216 g/mol. The summed E-state index contributed by atoms with van der Waals surface area (Å²) < 4.78 is 0. The molecule has 0 fully saturated rings. The molecule has 0 saturated heterocycles. The first-order valence-electron chi connectivity index (χ1n) is 5.34. The van der Waals surface area contributed by atoms with E-state index in [2.05, 4.69) is 42.9 Å². The number of aromatic amines is 1. The van der Waals surface area contributed by atoms with Crippen molar-refractivity contribution in [2.24, 2.45) is 0 Å². The fraction of sp³-hybridized carbons (Fsp3) is 0.308. The van der Waals surface area contributed by atoms with Crippen LogP contribution in [-0.4, -0.2) is 15.1 Å². The molecule has 2 rings (SSSR count). The van der Waals surface area contributed by atoms with E-state index in [1.165, 1.54) is 22.3 Å². The van der Waals surface area contributed by atoms with Crippen LogP contribution < -0.4 is 0 Å². The van der Waals surface area contributed by atoms with E-state index in [-0.39, 0.29) is 6.61 Å². The van der Waals surface area contributed by atoms with Crippen LogP contribution in [0.1, 0.15) is 22.5 Å². The van der Waals surface area contributed by atoms with Crippen molar-refractivity contribution in [3.63, 3.8) is 0 Å². The van der Waals surface area contributed by atoms with Gasteiger partial charge in [0.1, 0.15) is 12.4 Å². The molecule has 3 heteroatoms. The summed E-state index contributed by atoms with van der Waals surface area (Å²) >= 11 is 0. The number of aryl methyl sites for hydroxylation is 3. The van der Waals surface area contributed by atoms with Gasteiger partial charge in [0.25, 0.3) is 0 Å².